The summed E-state index contributed by atoms with van der Waals surface area (Å²) in [7, 11) is 0. The van der Waals surface area contributed by atoms with Crippen LogP contribution < -0.4 is 4.74 Å². The molecule has 0 fully saturated rings. The van der Waals surface area contributed by atoms with E-state index in [0.29, 0.717) is 0 Å². The van der Waals surface area contributed by atoms with Gasteiger partial charge in [-0.15, -0.1) is 0 Å². The van der Waals surface area contributed by atoms with Crippen LogP contribution in [0, 0.1) is 0 Å². The molecular formula is C24H22O. The molecule has 0 aliphatic heterocycles. The van der Waals surface area contributed by atoms with Gasteiger partial charge < -0.3 is 4.74 Å². The maximum Gasteiger partial charge on any atom is 0.128 e. The Morgan fingerprint density at radius 2 is 1.20 bits per heavy atom. The van der Waals surface area contributed by atoms with Crippen LogP contribution in [0.15, 0.2) is 78.9 Å². The summed E-state index contributed by atoms with van der Waals surface area (Å²) in [5.41, 5.74) is 2.14. The zero-order valence-corrected chi connectivity index (χ0v) is 14.9. The Kier molecular flexibility index (Phi) is 3.73. The van der Waals surface area contributed by atoms with Crippen molar-refractivity contribution in [3.63, 3.8) is 0 Å². The summed E-state index contributed by atoms with van der Waals surface area (Å²) >= 11 is 0. The number of fused-ring (bicyclic) bond motifs is 2. The van der Waals surface area contributed by atoms with E-state index in [1.165, 1.54) is 32.7 Å². The first-order chi connectivity index (χ1) is 12.0. The van der Waals surface area contributed by atoms with Crippen molar-refractivity contribution in [1.82, 2.24) is 0 Å². The Balaban J connectivity index is 2.09. The molecule has 0 amide bonds. The normalized spacial score (nSPS) is 11.8. The molecule has 0 heterocycles. The zero-order chi connectivity index (χ0) is 17.4. The smallest absolute Gasteiger partial charge is 0.128 e. The Hall–Kier alpha value is -2.80. The summed E-state index contributed by atoms with van der Waals surface area (Å²) in [6, 6.07) is 27.8. The molecule has 4 aromatic carbocycles. The van der Waals surface area contributed by atoms with Crippen LogP contribution in [-0.4, -0.2) is 5.60 Å². The van der Waals surface area contributed by atoms with Gasteiger partial charge in [0.15, 0.2) is 0 Å². The fourth-order valence-electron chi connectivity index (χ4n) is 3.39. The van der Waals surface area contributed by atoms with E-state index in [1.54, 1.807) is 0 Å². The highest BCUT2D eigenvalue weighted by Gasteiger charge is 2.18. The lowest BCUT2D eigenvalue weighted by Gasteiger charge is -2.24. The summed E-state index contributed by atoms with van der Waals surface area (Å²) in [5.74, 6) is 0.933. The van der Waals surface area contributed by atoms with Crippen molar-refractivity contribution >= 4 is 21.5 Å². The van der Waals surface area contributed by atoms with Crippen molar-refractivity contribution in [1.29, 1.82) is 0 Å². The monoisotopic (exact) mass is 326 g/mol. The second-order valence-corrected chi connectivity index (χ2v) is 7.40. The van der Waals surface area contributed by atoms with E-state index < -0.39 is 0 Å². The molecule has 0 aliphatic carbocycles. The molecule has 124 valence electrons. The molecule has 0 saturated heterocycles. The topological polar surface area (TPSA) is 9.23 Å². The third kappa shape index (κ3) is 2.98. The molecule has 0 aliphatic rings. The van der Waals surface area contributed by atoms with Gasteiger partial charge in [-0.3, -0.25) is 0 Å². The molecule has 4 rings (SSSR count). The van der Waals surface area contributed by atoms with Crippen LogP contribution >= 0.6 is 0 Å². The lowest BCUT2D eigenvalue weighted by atomic mass is 9.93. The average Bonchev–Trinajstić information content (AvgIpc) is 2.60. The van der Waals surface area contributed by atoms with Crippen LogP contribution in [0.3, 0.4) is 0 Å². The minimum absolute atomic E-state index is 0.248. The van der Waals surface area contributed by atoms with Crippen LogP contribution in [-0.2, 0) is 0 Å². The molecule has 0 N–H and O–H groups in total. The molecule has 0 saturated carbocycles. The van der Waals surface area contributed by atoms with E-state index >= 15 is 0 Å². The molecule has 0 unspecified atom stereocenters. The Morgan fingerprint density at radius 3 is 1.92 bits per heavy atom. The van der Waals surface area contributed by atoms with Crippen molar-refractivity contribution in [2.75, 3.05) is 0 Å². The number of hydrogen-bond acceptors (Lipinski definition) is 1. The van der Waals surface area contributed by atoms with Crippen molar-refractivity contribution in [2.24, 2.45) is 0 Å². The quantitative estimate of drug-likeness (QED) is 0.392. The highest BCUT2D eigenvalue weighted by atomic mass is 16.5. The summed E-state index contributed by atoms with van der Waals surface area (Å²) in [6.07, 6.45) is 0. The van der Waals surface area contributed by atoms with Crippen LogP contribution in [0.25, 0.3) is 32.7 Å². The van der Waals surface area contributed by atoms with E-state index in [9.17, 15) is 0 Å². The Labute approximate surface area is 148 Å². The van der Waals surface area contributed by atoms with E-state index in [-0.39, 0.29) is 5.60 Å². The molecule has 1 nitrogen and oxygen atoms in total. The summed E-state index contributed by atoms with van der Waals surface area (Å²) in [5, 5.41) is 4.95. The lowest BCUT2D eigenvalue weighted by Crippen LogP contribution is -2.23. The fourth-order valence-corrected chi connectivity index (χ4v) is 3.39. The minimum Gasteiger partial charge on any atom is -0.487 e. The third-order valence-corrected chi connectivity index (χ3v) is 4.37. The highest BCUT2D eigenvalue weighted by molar-refractivity contribution is 6.07. The molecule has 0 radical (unpaired) electrons. The molecule has 4 aromatic rings. The minimum atomic E-state index is -0.248. The van der Waals surface area contributed by atoms with E-state index in [0.717, 1.165) is 5.75 Å². The van der Waals surface area contributed by atoms with Gasteiger partial charge in [0.2, 0.25) is 0 Å². The third-order valence-electron chi connectivity index (χ3n) is 4.37. The van der Waals surface area contributed by atoms with Crippen molar-refractivity contribution in [2.45, 2.75) is 26.4 Å². The van der Waals surface area contributed by atoms with Gasteiger partial charge in [-0.25, -0.2) is 0 Å². The molecule has 0 spiro atoms. The largest absolute Gasteiger partial charge is 0.487 e. The Morgan fingerprint density at radius 1 is 0.600 bits per heavy atom. The fraction of sp³-hybridized carbons (Fsp3) is 0.167. The highest BCUT2D eigenvalue weighted by Crippen LogP contribution is 2.41. The van der Waals surface area contributed by atoms with Crippen molar-refractivity contribution in [3.05, 3.63) is 78.9 Å². The summed E-state index contributed by atoms with van der Waals surface area (Å²) < 4.78 is 6.34. The number of rotatable bonds is 2. The average molecular weight is 326 g/mol. The van der Waals surface area contributed by atoms with E-state index in [4.69, 9.17) is 4.74 Å². The Bertz CT molecular complexity index is 1050. The summed E-state index contributed by atoms with van der Waals surface area (Å²) in [6.45, 7) is 6.28. The molecule has 1 heteroatoms. The molecule has 0 atom stereocenters. The van der Waals surface area contributed by atoms with Crippen LogP contribution in [0.1, 0.15) is 20.8 Å². The number of ether oxygens (including phenoxy) is 1. The van der Waals surface area contributed by atoms with Crippen LogP contribution in [0.2, 0.25) is 0 Å². The molecule has 0 aromatic heterocycles. The van der Waals surface area contributed by atoms with Crippen molar-refractivity contribution in [3.8, 4) is 16.9 Å². The number of hydrogen-bond donors (Lipinski definition) is 0. The summed E-state index contributed by atoms with van der Waals surface area (Å²) in [4.78, 5) is 0. The molecule has 0 bridgehead atoms. The van der Waals surface area contributed by atoms with Crippen LogP contribution in [0.5, 0.6) is 5.75 Å². The standard InChI is InChI=1S/C24H22O/c1-24(2,3)25-22-16-15-18-10-5-7-13-20(18)23(22)21-14-8-11-17-9-4-6-12-19(17)21/h4-16H,1-3H3. The van der Waals surface area contributed by atoms with Gasteiger partial charge in [0.05, 0.1) is 0 Å². The SMILES string of the molecule is CC(C)(C)Oc1ccc2ccccc2c1-c1cccc2ccccc12. The first kappa shape index (κ1) is 15.7. The van der Waals surface area contributed by atoms with E-state index in [2.05, 4.69) is 99.6 Å². The van der Waals surface area contributed by atoms with E-state index in [1.807, 2.05) is 0 Å². The van der Waals surface area contributed by atoms with Gasteiger partial charge in [0.1, 0.15) is 11.4 Å². The van der Waals surface area contributed by atoms with Gasteiger partial charge in [-0.2, -0.15) is 0 Å². The van der Waals surface area contributed by atoms with Crippen molar-refractivity contribution < 1.29 is 4.74 Å². The van der Waals surface area contributed by atoms with Gasteiger partial charge in [0, 0.05) is 5.56 Å². The van der Waals surface area contributed by atoms with Gasteiger partial charge in [-0.1, -0.05) is 72.8 Å². The maximum atomic E-state index is 6.34. The zero-order valence-electron chi connectivity index (χ0n) is 14.9. The van der Waals surface area contributed by atoms with Gasteiger partial charge in [-0.05, 0) is 53.9 Å². The predicted octanol–water partition coefficient (Wildman–Crippen LogP) is 6.84. The second kappa shape index (κ2) is 5.93. The molecule has 25 heavy (non-hydrogen) atoms. The number of benzene rings is 4. The first-order valence-corrected chi connectivity index (χ1v) is 8.72. The second-order valence-electron chi connectivity index (χ2n) is 7.40. The van der Waals surface area contributed by atoms with Gasteiger partial charge in [0.25, 0.3) is 0 Å². The predicted molar refractivity (Wildman–Crippen MR) is 107 cm³/mol. The maximum absolute atomic E-state index is 6.34. The molecular weight excluding hydrogens is 304 g/mol. The first-order valence-electron chi connectivity index (χ1n) is 8.72. The van der Waals surface area contributed by atoms with Gasteiger partial charge >= 0.3 is 0 Å². The van der Waals surface area contributed by atoms with Crippen LogP contribution in [0.4, 0.5) is 0 Å². The lowest BCUT2D eigenvalue weighted by molar-refractivity contribution is 0.132.